The molecule has 1 unspecified atom stereocenters. The SMILES string of the molecule is CC(C)CNC(=O)C1(COCc2ccccc2)CCNC(=O)C1. The van der Waals surface area contributed by atoms with Crippen LogP contribution in [0.15, 0.2) is 30.3 Å². The summed E-state index contributed by atoms with van der Waals surface area (Å²) in [6.45, 7) is 5.93. The van der Waals surface area contributed by atoms with Crippen molar-refractivity contribution in [2.45, 2.75) is 33.3 Å². The van der Waals surface area contributed by atoms with Gasteiger partial charge in [-0.25, -0.2) is 0 Å². The van der Waals surface area contributed by atoms with Gasteiger partial charge in [-0.05, 0) is 17.9 Å². The van der Waals surface area contributed by atoms with Crippen molar-refractivity contribution in [2.75, 3.05) is 19.7 Å². The van der Waals surface area contributed by atoms with Gasteiger partial charge in [-0.3, -0.25) is 9.59 Å². The van der Waals surface area contributed by atoms with E-state index in [0.717, 1.165) is 5.56 Å². The monoisotopic (exact) mass is 318 g/mol. The topological polar surface area (TPSA) is 67.4 Å². The molecule has 0 aliphatic carbocycles. The van der Waals surface area contributed by atoms with E-state index in [0.29, 0.717) is 32.0 Å². The molecule has 1 fully saturated rings. The Kier molecular flexibility index (Phi) is 6.16. The molecule has 1 saturated heterocycles. The summed E-state index contributed by atoms with van der Waals surface area (Å²) in [5, 5.41) is 5.75. The summed E-state index contributed by atoms with van der Waals surface area (Å²) >= 11 is 0. The van der Waals surface area contributed by atoms with Gasteiger partial charge in [-0.1, -0.05) is 44.2 Å². The van der Waals surface area contributed by atoms with Crippen LogP contribution in [0.5, 0.6) is 0 Å². The van der Waals surface area contributed by atoms with Crippen molar-refractivity contribution in [3.63, 3.8) is 0 Å². The normalized spacial score (nSPS) is 21.1. The molecule has 23 heavy (non-hydrogen) atoms. The van der Waals surface area contributed by atoms with E-state index in [1.807, 2.05) is 44.2 Å². The molecule has 0 aromatic heterocycles. The molecular weight excluding hydrogens is 292 g/mol. The zero-order valence-corrected chi connectivity index (χ0v) is 13.9. The lowest BCUT2D eigenvalue weighted by molar-refractivity contribution is -0.144. The van der Waals surface area contributed by atoms with Crippen molar-refractivity contribution < 1.29 is 14.3 Å². The third-order valence-corrected chi connectivity index (χ3v) is 4.07. The number of hydrogen-bond acceptors (Lipinski definition) is 3. The summed E-state index contributed by atoms with van der Waals surface area (Å²) in [5.74, 6) is 0.215. The van der Waals surface area contributed by atoms with Gasteiger partial charge in [0.2, 0.25) is 11.8 Å². The first-order valence-corrected chi connectivity index (χ1v) is 8.18. The molecule has 1 aliphatic heterocycles. The maximum absolute atomic E-state index is 12.6. The molecule has 2 rings (SSSR count). The fourth-order valence-electron chi connectivity index (χ4n) is 2.70. The van der Waals surface area contributed by atoms with E-state index in [1.54, 1.807) is 0 Å². The Bertz CT molecular complexity index is 530. The van der Waals surface area contributed by atoms with Gasteiger partial charge in [0.25, 0.3) is 0 Å². The van der Waals surface area contributed by atoms with E-state index < -0.39 is 5.41 Å². The molecule has 2 amide bonds. The molecule has 1 aromatic carbocycles. The first-order valence-electron chi connectivity index (χ1n) is 8.18. The van der Waals surface area contributed by atoms with Gasteiger partial charge in [0.1, 0.15) is 0 Å². The van der Waals surface area contributed by atoms with Crippen LogP contribution in [0.1, 0.15) is 32.3 Å². The van der Waals surface area contributed by atoms with Crippen LogP contribution >= 0.6 is 0 Å². The third kappa shape index (κ3) is 5.06. The Hall–Kier alpha value is -1.88. The van der Waals surface area contributed by atoms with Gasteiger partial charge in [-0.2, -0.15) is 0 Å². The van der Waals surface area contributed by atoms with Crippen molar-refractivity contribution in [1.29, 1.82) is 0 Å². The van der Waals surface area contributed by atoms with E-state index >= 15 is 0 Å². The Labute approximate surface area is 137 Å². The van der Waals surface area contributed by atoms with Gasteiger partial charge in [0.15, 0.2) is 0 Å². The molecule has 0 bridgehead atoms. The molecule has 5 nitrogen and oxygen atoms in total. The highest BCUT2D eigenvalue weighted by molar-refractivity contribution is 5.90. The van der Waals surface area contributed by atoms with Gasteiger partial charge in [0, 0.05) is 19.5 Å². The summed E-state index contributed by atoms with van der Waals surface area (Å²) in [7, 11) is 0. The Balaban J connectivity index is 1.98. The van der Waals surface area contributed by atoms with E-state index in [4.69, 9.17) is 4.74 Å². The average Bonchev–Trinajstić information content (AvgIpc) is 2.53. The Morgan fingerprint density at radius 2 is 2.09 bits per heavy atom. The minimum Gasteiger partial charge on any atom is -0.376 e. The molecule has 2 N–H and O–H groups in total. The summed E-state index contributed by atoms with van der Waals surface area (Å²) < 4.78 is 5.80. The van der Waals surface area contributed by atoms with Gasteiger partial charge >= 0.3 is 0 Å². The molecule has 1 heterocycles. The number of ether oxygens (including phenoxy) is 1. The zero-order valence-electron chi connectivity index (χ0n) is 13.9. The van der Waals surface area contributed by atoms with E-state index in [9.17, 15) is 9.59 Å². The van der Waals surface area contributed by atoms with Crippen LogP contribution in [0.4, 0.5) is 0 Å². The fourth-order valence-corrected chi connectivity index (χ4v) is 2.70. The summed E-state index contributed by atoms with van der Waals surface area (Å²) in [6, 6.07) is 9.84. The summed E-state index contributed by atoms with van der Waals surface area (Å²) in [4.78, 5) is 24.4. The van der Waals surface area contributed by atoms with Gasteiger partial charge in [-0.15, -0.1) is 0 Å². The lowest BCUT2D eigenvalue weighted by Gasteiger charge is -2.35. The number of amides is 2. The smallest absolute Gasteiger partial charge is 0.229 e. The van der Waals surface area contributed by atoms with E-state index in [1.165, 1.54) is 0 Å². The fraction of sp³-hybridized carbons (Fsp3) is 0.556. The number of carbonyl (C=O) groups is 2. The van der Waals surface area contributed by atoms with Crippen molar-refractivity contribution in [2.24, 2.45) is 11.3 Å². The van der Waals surface area contributed by atoms with Crippen LogP contribution in [0, 0.1) is 11.3 Å². The van der Waals surface area contributed by atoms with E-state index in [2.05, 4.69) is 10.6 Å². The number of benzene rings is 1. The molecular formula is C18H26N2O3. The molecule has 0 spiro atoms. The average molecular weight is 318 g/mol. The van der Waals surface area contributed by atoms with Crippen LogP contribution in [-0.2, 0) is 20.9 Å². The minimum atomic E-state index is -0.758. The van der Waals surface area contributed by atoms with Crippen molar-refractivity contribution in [1.82, 2.24) is 10.6 Å². The second kappa shape index (κ2) is 8.11. The minimum absolute atomic E-state index is 0.0749. The second-order valence-electron chi connectivity index (χ2n) is 6.64. The first-order chi connectivity index (χ1) is 11.0. The Morgan fingerprint density at radius 3 is 2.74 bits per heavy atom. The molecule has 1 aliphatic rings. The van der Waals surface area contributed by atoms with E-state index in [-0.39, 0.29) is 24.8 Å². The second-order valence-corrected chi connectivity index (χ2v) is 6.64. The number of nitrogens with one attached hydrogen (secondary N) is 2. The number of piperidine rings is 1. The molecule has 1 aromatic rings. The van der Waals surface area contributed by atoms with Crippen LogP contribution in [0.3, 0.4) is 0 Å². The highest BCUT2D eigenvalue weighted by atomic mass is 16.5. The zero-order chi connectivity index (χ0) is 16.7. The number of hydrogen-bond donors (Lipinski definition) is 2. The van der Waals surface area contributed by atoms with Crippen LogP contribution in [0.25, 0.3) is 0 Å². The van der Waals surface area contributed by atoms with Crippen molar-refractivity contribution in [3.05, 3.63) is 35.9 Å². The lowest BCUT2D eigenvalue weighted by Crippen LogP contribution is -2.52. The predicted octanol–water partition coefficient (Wildman–Crippen LogP) is 1.87. The quantitative estimate of drug-likeness (QED) is 0.806. The molecule has 5 heteroatoms. The van der Waals surface area contributed by atoms with Crippen molar-refractivity contribution >= 4 is 11.8 Å². The summed E-state index contributed by atoms with van der Waals surface area (Å²) in [6.07, 6.45) is 0.795. The van der Waals surface area contributed by atoms with Crippen LogP contribution in [-0.4, -0.2) is 31.5 Å². The number of carbonyl (C=O) groups excluding carboxylic acids is 2. The molecule has 126 valence electrons. The number of rotatable bonds is 7. The van der Waals surface area contributed by atoms with Gasteiger partial charge in [0.05, 0.1) is 18.6 Å². The highest BCUT2D eigenvalue weighted by Crippen LogP contribution is 2.30. The maximum Gasteiger partial charge on any atom is 0.229 e. The predicted molar refractivity (Wildman–Crippen MR) is 88.6 cm³/mol. The lowest BCUT2D eigenvalue weighted by atomic mass is 9.78. The molecule has 1 atom stereocenters. The molecule has 0 radical (unpaired) electrons. The molecule has 0 saturated carbocycles. The third-order valence-electron chi connectivity index (χ3n) is 4.07. The summed E-state index contributed by atoms with van der Waals surface area (Å²) in [5.41, 5.74) is 0.303. The van der Waals surface area contributed by atoms with Crippen molar-refractivity contribution in [3.8, 4) is 0 Å². The maximum atomic E-state index is 12.6. The van der Waals surface area contributed by atoms with Crippen LogP contribution < -0.4 is 10.6 Å². The Morgan fingerprint density at radius 1 is 1.35 bits per heavy atom. The largest absolute Gasteiger partial charge is 0.376 e. The highest BCUT2D eigenvalue weighted by Gasteiger charge is 2.42. The standard InChI is InChI=1S/C18H26N2O3/c1-14(2)11-20-17(22)18(8-9-19-16(21)10-18)13-23-12-15-6-4-3-5-7-15/h3-7,14H,8-13H2,1-2H3,(H,19,21)(H,20,22). The first kappa shape index (κ1) is 17.5. The van der Waals surface area contributed by atoms with Crippen LogP contribution in [0.2, 0.25) is 0 Å². The van der Waals surface area contributed by atoms with Gasteiger partial charge < -0.3 is 15.4 Å².